The largest absolute Gasteiger partial charge is 0.508 e. The highest BCUT2D eigenvalue weighted by atomic mass is 16.5. The van der Waals surface area contributed by atoms with Crippen LogP contribution in [-0.2, 0) is 4.74 Å². The maximum Gasteiger partial charge on any atom is 0.224 e. The van der Waals surface area contributed by atoms with Crippen LogP contribution in [0.3, 0.4) is 0 Å². The first-order chi connectivity index (χ1) is 11.6. The molecule has 3 heterocycles. The van der Waals surface area contributed by atoms with E-state index in [0.29, 0.717) is 29.3 Å². The third kappa shape index (κ3) is 2.44. The first-order valence-corrected chi connectivity index (χ1v) is 7.52. The first-order valence-electron chi connectivity index (χ1n) is 7.52. The Morgan fingerprint density at radius 3 is 2.96 bits per heavy atom. The van der Waals surface area contributed by atoms with Gasteiger partial charge in [0, 0.05) is 12.7 Å². The predicted molar refractivity (Wildman–Crippen MR) is 87.0 cm³/mol. The molecule has 9 nitrogen and oxygen atoms in total. The maximum atomic E-state index is 9.92. The van der Waals surface area contributed by atoms with E-state index in [1.807, 2.05) is 4.57 Å². The van der Waals surface area contributed by atoms with Crippen LogP contribution < -0.4 is 11.1 Å². The summed E-state index contributed by atoms with van der Waals surface area (Å²) in [6.45, 7) is 0.702. The number of aromatic hydroxyl groups is 2. The minimum absolute atomic E-state index is 0.0125. The van der Waals surface area contributed by atoms with E-state index in [-0.39, 0.29) is 23.7 Å². The van der Waals surface area contributed by atoms with Crippen LogP contribution in [0, 0.1) is 0 Å². The van der Waals surface area contributed by atoms with Crippen molar-refractivity contribution >= 4 is 28.6 Å². The molecule has 0 amide bonds. The molecule has 1 fully saturated rings. The molecule has 1 saturated heterocycles. The summed E-state index contributed by atoms with van der Waals surface area (Å²) in [5, 5.41) is 22.5. The fourth-order valence-corrected chi connectivity index (χ4v) is 2.76. The lowest BCUT2D eigenvalue weighted by Gasteiger charge is -2.12. The number of nitrogens with two attached hydrogens (primary N) is 1. The lowest BCUT2D eigenvalue weighted by atomic mass is 10.2. The highest BCUT2D eigenvalue weighted by molar-refractivity contribution is 5.87. The second-order valence-electron chi connectivity index (χ2n) is 5.55. The Hall–Kier alpha value is -3.07. The van der Waals surface area contributed by atoms with E-state index in [1.54, 1.807) is 6.33 Å². The van der Waals surface area contributed by atoms with Crippen LogP contribution in [0.1, 0.15) is 19.1 Å². The molecular weight excluding hydrogens is 312 g/mol. The van der Waals surface area contributed by atoms with Gasteiger partial charge in [0.05, 0.1) is 12.0 Å². The van der Waals surface area contributed by atoms with Crippen molar-refractivity contribution in [1.29, 1.82) is 0 Å². The summed E-state index contributed by atoms with van der Waals surface area (Å²) in [5.74, 6) is 0.398. The number of imidazole rings is 1. The second-order valence-corrected chi connectivity index (χ2v) is 5.55. The summed E-state index contributed by atoms with van der Waals surface area (Å²) in [4.78, 5) is 12.8. The molecule has 0 spiro atoms. The number of benzene rings is 1. The summed E-state index contributed by atoms with van der Waals surface area (Å²) in [6, 6.07) is 4.15. The van der Waals surface area contributed by atoms with E-state index in [2.05, 4.69) is 20.3 Å². The number of fused-ring (bicyclic) bond motifs is 1. The average Bonchev–Trinajstić information content (AvgIpc) is 3.19. The number of ether oxygens (including phenoxy) is 1. The van der Waals surface area contributed by atoms with Crippen LogP contribution in [0.4, 0.5) is 17.5 Å². The number of anilines is 3. The summed E-state index contributed by atoms with van der Waals surface area (Å²) >= 11 is 0. The third-order valence-electron chi connectivity index (χ3n) is 3.89. The standard InChI is InChI=1S/C15H16N6O3/c16-15-19-13(18-9-6-8(22)3-4-10(9)23)12-14(20-15)21(7-17-12)11-2-1-5-24-11/h3-4,6-7,11,22-23H,1-2,5H2,(H3,16,18,19,20). The fourth-order valence-electron chi connectivity index (χ4n) is 2.76. The van der Waals surface area contributed by atoms with Gasteiger partial charge in [0.15, 0.2) is 17.0 Å². The molecule has 2 aromatic heterocycles. The quantitative estimate of drug-likeness (QED) is 0.423. The van der Waals surface area contributed by atoms with Gasteiger partial charge < -0.3 is 26.0 Å². The Kier molecular flexibility index (Phi) is 3.35. The predicted octanol–water partition coefficient (Wildman–Crippen LogP) is 1.87. The minimum atomic E-state index is -0.119. The number of phenolic OH excluding ortho intramolecular Hbond substituents is 2. The van der Waals surface area contributed by atoms with Gasteiger partial charge in [0.1, 0.15) is 17.7 Å². The number of hydrogen-bond donors (Lipinski definition) is 4. The molecule has 124 valence electrons. The zero-order valence-electron chi connectivity index (χ0n) is 12.7. The topological polar surface area (TPSA) is 131 Å². The van der Waals surface area contributed by atoms with E-state index >= 15 is 0 Å². The van der Waals surface area contributed by atoms with E-state index < -0.39 is 0 Å². The van der Waals surface area contributed by atoms with Crippen LogP contribution in [0.5, 0.6) is 11.5 Å². The minimum Gasteiger partial charge on any atom is -0.508 e. The summed E-state index contributed by atoms with van der Waals surface area (Å²) in [5.41, 5.74) is 7.16. The lowest BCUT2D eigenvalue weighted by molar-refractivity contribution is 0.0593. The normalized spacial score (nSPS) is 17.4. The van der Waals surface area contributed by atoms with Crippen LogP contribution >= 0.6 is 0 Å². The van der Waals surface area contributed by atoms with Crippen molar-refractivity contribution in [1.82, 2.24) is 19.5 Å². The highest BCUT2D eigenvalue weighted by Crippen LogP contribution is 2.33. The van der Waals surface area contributed by atoms with E-state index in [9.17, 15) is 10.2 Å². The second kappa shape index (κ2) is 5.53. The summed E-state index contributed by atoms with van der Waals surface area (Å²) < 4.78 is 7.49. The van der Waals surface area contributed by atoms with Gasteiger partial charge >= 0.3 is 0 Å². The van der Waals surface area contributed by atoms with Crippen LogP contribution in [0.2, 0.25) is 0 Å². The molecule has 1 unspecified atom stereocenters. The van der Waals surface area contributed by atoms with E-state index in [0.717, 1.165) is 12.8 Å². The zero-order chi connectivity index (χ0) is 16.7. The van der Waals surface area contributed by atoms with Gasteiger partial charge in [-0.15, -0.1) is 0 Å². The highest BCUT2D eigenvalue weighted by Gasteiger charge is 2.22. The lowest BCUT2D eigenvalue weighted by Crippen LogP contribution is -2.08. The SMILES string of the molecule is Nc1nc(Nc2cc(O)ccc2O)c2ncn(C3CCCO3)c2n1. The van der Waals surface area contributed by atoms with Crippen molar-refractivity contribution in [3.63, 3.8) is 0 Å². The van der Waals surface area contributed by atoms with Crippen LogP contribution in [-0.4, -0.2) is 36.3 Å². The first kappa shape index (κ1) is 14.5. The summed E-state index contributed by atoms with van der Waals surface area (Å²) in [7, 11) is 0. The fraction of sp³-hybridized carbons (Fsp3) is 0.267. The Morgan fingerprint density at radius 2 is 2.17 bits per heavy atom. The van der Waals surface area contributed by atoms with Gasteiger partial charge in [-0.3, -0.25) is 4.57 Å². The van der Waals surface area contributed by atoms with Gasteiger partial charge in [-0.05, 0) is 25.0 Å². The number of hydrogen-bond acceptors (Lipinski definition) is 8. The number of rotatable bonds is 3. The zero-order valence-corrected chi connectivity index (χ0v) is 12.7. The molecule has 4 rings (SSSR count). The van der Waals surface area contributed by atoms with Crippen molar-refractivity contribution in [2.75, 3.05) is 17.7 Å². The number of nitrogen functional groups attached to an aromatic ring is 1. The molecule has 1 aliphatic heterocycles. The molecule has 1 aliphatic rings. The molecule has 1 atom stereocenters. The molecule has 0 bridgehead atoms. The third-order valence-corrected chi connectivity index (χ3v) is 3.89. The van der Waals surface area contributed by atoms with Gasteiger partial charge in [-0.2, -0.15) is 9.97 Å². The number of aromatic nitrogens is 4. The summed E-state index contributed by atoms with van der Waals surface area (Å²) in [6.07, 6.45) is 3.38. The van der Waals surface area contributed by atoms with Gasteiger partial charge in [0.25, 0.3) is 0 Å². The van der Waals surface area contributed by atoms with Crippen molar-refractivity contribution in [3.05, 3.63) is 24.5 Å². The van der Waals surface area contributed by atoms with Crippen molar-refractivity contribution in [3.8, 4) is 11.5 Å². The van der Waals surface area contributed by atoms with Gasteiger partial charge in [-0.25, -0.2) is 4.98 Å². The molecule has 0 aliphatic carbocycles. The van der Waals surface area contributed by atoms with Crippen molar-refractivity contribution in [2.24, 2.45) is 0 Å². The Morgan fingerprint density at radius 1 is 1.29 bits per heavy atom. The maximum absolute atomic E-state index is 9.92. The molecular formula is C15H16N6O3. The Labute approximate surface area is 136 Å². The number of phenols is 2. The Balaban J connectivity index is 1.79. The van der Waals surface area contributed by atoms with Gasteiger partial charge in [0.2, 0.25) is 5.95 Å². The van der Waals surface area contributed by atoms with Crippen LogP contribution in [0.25, 0.3) is 11.2 Å². The Bertz CT molecular complexity index is 904. The number of nitrogens with one attached hydrogen (secondary N) is 1. The molecule has 3 aromatic rings. The smallest absolute Gasteiger partial charge is 0.224 e. The van der Waals surface area contributed by atoms with E-state index in [1.165, 1.54) is 18.2 Å². The van der Waals surface area contributed by atoms with Gasteiger partial charge in [-0.1, -0.05) is 0 Å². The van der Waals surface area contributed by atoms with Crippen LogP contribution in [0.15, 0.2) is 24.5 Å². The molecule has 24 heavy (non-hydrogen) atoms. The molecule has 9 heteroatoms. The number of nitrogens with zero attached hydrogens (tertiary/aromatic N) is 4. The van der Waals surface area contributed by atoms with Crippen molar-refractivity contribution < 1.29 is 14.9 Å². The molecule has 1 aromatic carbocycles. The molecule has 0 saturated carbocycles. The van der Waals surface area contributed by atoms with Crippen molar-refractivity contribution in [2.45, 2.75) is 19.1 Å². The average molecular weight is 328 g/mol. The monoisotopic (exact) mass is 328 g/mol. The molecule has 5 N–H and O–H groups in total. The molecule has 0 radical (unpaired) electrons. The van der Waals surface area contributed by atoms with E-state index in [4.69, 9.17) is 10.5 Å².